The van der Waals surface area contributed by atoms with Gasteiger partial charge in [0.25, 0.3) is 0 Å². The summed E-state index contributed by atoms with van der Waals surface area (Å²) in [4.78, 5) is 0. The lowest BCUT2D eigenvalue weighted by molar-refractivity contribution is 0.269. The molecular formula is C18H20Cl2N2O3. The molecule has 0 heterocycles. The maximum Gasteiger partial charge on any atom is 0.161 e. The highest BCUT2D eigenvalue weighted by Crippen LogP contribution is 2.29. The van der Waals surface area contributed by atoms with Crippen molar-refractivity contribution in [1.29, 1.82) is 0 Å². The largest absolute Gasteiger partial charge is 0.490 e. The topological polar surface area (TPSA) is 63.1 Å². The molecule has 2 N–H and O–H groups in total. The molecule has 0 saturated heterocycles. The predicted molar refractivity (Wildman–Crippen MR) is 101 cm³/mol. The molecule has 0 aliphatic heterocycles. The first-order valence-corrected chi connectivity index (χ1v) is 8.60. The fourth-order valence-corrected chi connectivity index (χ4v) is 2.34. The van der Waals surface area contributed by atoms with Crippen LogP contribution in [0.5, 0.6) is 11.5 Å². The van der Waals surface area contributed by atoms with Crippen LogP contribution < -0.4 is 14.9 Å². The molecule has 0 saturated carbocycles. The molecule has 25 heavy (non-hydrogen) atoms. The first-order valence-electron chi connectivity index (χ1n) is 7.84. The fraction of sp³-hybridized carbons (Fsp3) is 0.278. The van der Waals surface area contributed by atoms with Gasteiger partial charge in [0.1, 0.15) is 6.61 Å². The van der Waals surface area contributed by atoms with Gasteiger partial charge in [-0.1, -0.05) is 29.3 Å². The predicted octanol–water partition coefficient (Wildman–Crippen LogP) is 3.89. The van der Waals surface area contributed by atoms with Crippen LogP contribution >= 0.6 is 23.2 Å². The Hall–Kier alpha value is -1.95. The van der Waals surface area contributed by atoms with E-state index in [1.165, 1.54) is 0 Å². The number of benzene rings is 2. The minimum absolute atomic E-state index is 0.0308. The molecule has 0 fully saturated rings. The van der Waals surface area contributed by atoms with Gasteiger partial charge in [-0.2, -0.15) is 5.10 Å². The monoisotopic (exact) mass is 382 g/mol. The molecule has 0 unspecified atom stereocenters. The molecular weight excluding hydrogens is 363 g/mol. The first-order chi connectivity index (χ1) is 12.1. The van der Waals surface area contributed by atoms with Crippen molar-refractivity contribution in [1.82, 2.24) is 5.43 Å². The summed E-state index contributed by atoms with van der Waals surface area (Å²) < 4.78 is 11.5. The summed E-state index contributed by atoms with van der Waals surface area (Å²) in [5.74, 6) is 1.27. The summed E-state index contributed by atoms with van der Waals surface area (Å²) in [5, 5.41) is 13.7. The average molecular weight is 383 g/mol. The molecule has 134 valence electrons. The Morgan fingerprint density at radius 3 is 2.64 bits per heavy atom. The average Bonchev–Trinajstić information content (AvgIpc) is 2.61. The van der Waals surface area contributed by atoms with Gasteiger partial charge < -0.3 is 20.0 Å². The molecule has 0 bridgehead atoms. The van der Waals surface area contributed by atoms with Gasteiger partial charge in [0.2, 0.25) is 0 Å². The maximum atomic E-state index is 8.71. The molecule has 0 spiro atoms. The van der Waals surface area contributed by atoms with Gasteiger partial charge in [-0.05, 0) is 48.4 Å². The van der Waals surface area contributed by atoms with Crippen molar-refractivity contribution in [2.24, 2.45) is 5.10 Å². The summed E-state index contributed by atoms with van der Waals surface area (Å²) in [5.41, 5.74) is 4.50. The molecule has 0 aliphatic carbocycles. The third-order valence-electron chi connectivity index (χ3n) is 3.17. The number of rotatable bonds is 9. The Morgan fingerprint density at radius 2 is 1.92 bits per heavy atom. The highest BCUT2D eigenvalue weighted by atomic mass is 35.5. The second kappa shape index (κ2) is 10.1. The van der Waals surface area contributed by atoms with Crippen molar-refractivity contribution in [3.05, 3.63) is 57.6 Å². The van der Waals surface area contributed by atoms with E-state index in [4.69, 9.17) is 37.8 Å². The Morgan fingerprint density at radius 1 is 1.08 bits per heavy atom. The summed E-state index contributed by atoms with van der Waals surface area (Å²) in [6.07, 6.45) is 1.65. The van der Waals surface area contributed by atoms with Crippen molar-refractivity contribution < 1.29 is 14.6 Å². The molecule has 0 aliphatic rings. The lowest BCUT2D eigenvalue weighted by Crippen LogP contribution is -2.11. The minimum atomic E-state index is 0.0308. The third kappa shape index (κ3) is 6.12. The van der Waals surface area contributed by atoms with E-state index >= 15 is 0 Å². The number of ether oxygens (including phenoxy) is 2. The minimum Gasteiger partial charge on any atom is -0.490 e. The SMILES string of the molecule is CCOc1cc(/C=N/NCCO)ccc1OCc1ccc(Cl)c(Cl)c1. The summed E-state index contributed by atoms with van der Waals surface area (Å²) in [7, 11) is 0. The Bertz CT molecular complexity index is 723. The van der Waals surface area contributed by atoms with E-state index in [0.717, 1.165) is 11.1 Å². The number of nitrogens with zero attached hydrogens (tertiary/aromatic N) is 1. The number of hydrogen-bond acceptors (Lipinski definition) is 5. The molecule has 5 nitrogen and oxygen atoms in total. The zero-order chi connectivity index (χ0) is 18.1. The smallest absolute Gasteiger partial charge is 0.161 e. The number of halogens is 2. The molecule has 2 aromatic rings. The highest BCUT2D eigenvalue weighted by molar-refractivity contribution is 6.42. The van der Waals surface area contributed by atoms with Crippen LogP contribution in [0.4, 0.5) is 0 Å². The summed E-state index contributed by atoms with van der Waals surface area (Å²) >= 11 is 11.9. The molecule has 2 aromatic carbocycles. The van der Waals surface area contributed by atoms with Crippen LogP contribution in [0, 0.1) is 0 Å². The first kappa shape index (κ1) is 19.4. The summed E-state index contributed by atoms with van der Waals surface area (Å²) in [6, 6.07) is 10.9. The van der Waals surface area contributed by atoms with Gasteiger partial charge in [-0.15, -0.1) is 0 Å². The number of hydrazone groups is 1. The van der Waals surface area contributed by atoms with Gasteiger partial charge in [-0.3, -0.25) is 0 Å². The maximum absolute atomic E-state index is 8.71. The van der Waals surface area contributed by atoms with Crippen LogP contribution in [0.25, 0.3) is 0 Å². The number of nitrogens with one attached hydrogen (secondary N) is 1. The standard InChI is InChI=1S/C18H20Cl2N2O3/c1-2-24-18-10-13(11-22-21-7-8-23)4-6-17(18)25-12-14-3-5-15(19)16(20)9-14/h3-6,9-11,21,23H,2,7-8,12H2,1H3/b22-11+. The van der Waals surface area contributed by atoms with Crippen LogP contribution in [0.3, 0.4) is 0 Å². The van der Waals surface area contributed by atoms with Gasteiger partial charge in [0.15, 0.2) is 11.5 Å². The molecule has 0 atom stereocenters. The second-order valence-corrected chi connectivity index (χ2v) is 5.88. The Balaban J connectivity index is 2.08. The van der Waals surface area contributed by atoms with Crippen LogP contribution in [0.1, 0.15) is 18.1 Å². The van der Waals surface area contributed by atoms with Crippen LogP contribution in [-0.2, 0) is 6.61 Å². The quantitative estimate of drug-likeness (QED) is 0.392. The fourth-order valence-electron chi connectivity index (χ4n) is 2.02. The highest BCUT2D eigenvalue weighted by Gasteiger charge is 2.07. The number of hydrogen-bond donors (Lipinski definition) is 2. The van der Waals surface area contributed by atoms with Gasteiger partial charge in [0.05, 0.1) is 36.0 Å². The van der Waals surface area contributed by atoms with Crippen molar-refractivity contribution in [2.45, 2.75) is 13.5 Å². The van der Waals surface area contributed by atoms with Gasteiger partial charge in [-0.25, -0.2) is 0 Å². The van der Waals surface area contributed by atoms with E-state index in [-0.39, 0.29) is 6.61 Å². The number of aliphatic hydroxyl groups is 1. The van der Waals surface area contributed by atoms with E-state index in [0.29, 0.717) is 41.3 Å². The summed E-state index contributed by atoms with van der Waals surface area (Å²) in [6.45, 7) is 3.21. The van der Waals surface area contributed by atoms with E-state index in [1.54, 1.807) is 18.3 Å². The van der Waals surface area contributed by atoms with Crippen LogP contribution in [0.2, 0.25) is 10.0 Å². The zero-order valence-corrected chi connectivity index (χ0v) is 15.3. The van der Waals surface area contributed by atoms with Crippen molar-refractivity contribution in [2.75, 3.05) is 19.8 Å². The molecule has 7 heteroatoms. The van der Waals surface area contributed by atoms with Crippen molar-refractivity contribution in [3.8, 4) is 11.5 Å². The van der Waals surface area contributed by atoms with Gasteiger partial charge >= 0.3 is 0 Å². The number of aliphatic hydroxyl groups excluding tert-OH is 1. The van der Waals surface area contributed by atoms with Crippen LogP contribution in [0.15, 0.2) is 41.5 Å². The molecule has 2 rings (SSSR count). The molecule has 0 radical (unpaired) electrons. The normalized spacial score (nSPS) is 10.9. The van der Waals surface area contributed by atoms with Crippen LogP contribution in [-0.4, -0.2) is 31.1 Å². The lowest BCUT2D eigenvalue weighted by Gasteiger charge is -2.13. The van der Waals surface area contributed by atoms with E-state index in [9.17, 15) is 0 Å². The zero-order valence-electron chi connectivity index (χ0n) is 13.8. The second-order valence-electron chi connectivity index (χ2n) is 5.07. The third-order valence-corrected chi connectivity index (χ3v) is 3.91. The van der Waals surface area contributed by atoms with E-state index in [2.05, 4.69) is 10.5 Å². The Kier molecular flexibility index (Phi) is 7.85. The van der Waals surface area contributed by atoms with Crippen molar-refractivity contribution >= 4 is 29.4 Å². The molecule has 0 aromatic heterocycles. The van der Waals surface area contributed by atoms with Crippen molar-refractivity contribution in [3.63, 3.8) is 0 Å². The van der Waals surface area contributed by atoms with E-state index in [1.807, 2.05) is 31.2 Å². The van der Waals surface area contributed by atoms with E-state index < -0.39 is 0 Å². The lowest BCUT2D eigenvalue weighted by atomic mass is 10.2. The Labute approximate surface area is 157 Å². The van der Waals surface area contributed by atoms with Gasteiger partial charge in [0, 0.05) is 0 Å². The molecule has 0 amide bonds.